The lowest BCUT2D eigenvalue weighted by atomic mass is 9.97. The van der Waals surface area contributed by atoms with Gasteiger partial charge in [-0.25, -0.2) is 9.97 Å². The van der Waals surface area contributed by atoms with Crippen LogP contribution in [0.5, 0.6) is 0 Å². The lowest BCUT2D eigenvalue weighted by Crippen LogP contribution is -2.45. The number of hydrogen-bond acceptors (Lipinski definition) is 12. The molecule has 14 nitrogen and oxygen atoms in total. The average molecular weight is 653 g/mol. The molecule has 45 heavy (non-hydrogen) atoms. The van der Waals surface area contributed by atoms with Crippen LogP contribution in [0, 0.1) is 18.8 Å². The predicted molar refractivity (Wildman–Crippen MR) is 173 cm³/mol. The molecule has 1 fully saturated rings. The Morgan fingerprint density at radius 1 is 1.07 bits per heavy atom. The van der Waals surface area contributed by atoms with Crippen LogP contribution < -0.4 is 27.8 Å². The molecule has 2 aromatic rings. The molecule has 15 heteroatoms. The quantitative estimate of drug-likeness (QED) is 0.117. The molecule has 3 rings (SSSR count). The van der Waals surface area contributed by atoms with Gasteiger partial charge < -0.3 is 53.2 Å². The highest BCUT2D eigenvalue weighted by molar-refractivity contribution is 6.31. The molecule has 252 valence electrons. The molecule has 0 radical (unpaired) electrons. The van der Waals surface area contributed by atoms with Gasteiger partial charge in [0.25, 0.3) is 5.91 Å². The number of nitrogen functional groups attached to an aromatic ring is 2. The van der Waals surface area contributed by atoms with Crippen molar-refractivity contribution in [1.82, 2.24) is 25.5 Å². The zero-order chi connectivity index (χ0) is 33.5. The highest BCUT2D eigenvalue weighted by Crippen LogP contribution is 2.18. The second-order valence-corrected chi connectivity index (χ2v) is 11.8. The molecule has 1 aliphatic heterocycles. The number of aryl methyl sites for hydroxylation is 1. The molecule has 0 aliphatic carbocycles. The number of aromatic nitrogens is 2. The summed E-state index contributed by atoms with van der Waals surface area (Å²) in [5.41, 5.74) is 19.3. The molecule has 0 bridgehead atoms. The van der Waals surface area contributed by atoms with Gasteiger partial charge in [-0.15, -0.1) is 0 Å². The maximum absolute atomic E-state index is 12.2. The molecule has 2 heterocycles. The Morgan fingerprint density at radius 3 is 2.36 bits per heavy atom. The number of aliphatic hydroxyl groups is 4. The van der Waals surface area contributed by atoms with Crippen LogP contribution in [0.2, 0.25) is 5.15 Å². The third-order valence-electron chi connectivity index (χ3n) is 7.71. The predicted octanol–water partition coefficient (Wildman–Crippen LogP) is -0.550. The van der Waals surface area contributed by atoms with E-state index < -0.39 is 30.8 Å². The number of hydrogen-bond donors (Lipinski definition) is 9. The van der Waals surface area contributed by atoms with Gasteiger partial charge in [-0.05, 0) is 55.7 Å². The highest BCUT2D eigenvalue weighted by atomic mass is 35.5. The van der Waals surface area contributed by atoms with E-state index >= 15 is 0 Å². The van der Waals surface area contributed by atoms with Gasteiger partial charge in [-0.3, -0.25) is 9.59 Å². The Bertz CT molecular complexity index is 1220. The van der Waals surface area contributed by atoms with Crippen LogP contribution in [0.4, 0.5) is 11.6 Å². The van der Waals surface area contributed by atoms with E-state index in [2.05, 4.69) is 46.6 Å². The molecular formula is C30H49ClN8O6. The number of anilines is 2. The van der Waals surface area contributed by atoms with Crippen LogP contribution in [0.3, 0.4) is 0 Å². The van der Waals surface area contributed by atoms with Gasteiger partial charge in [-0.1, -0.05) is 42.8 Å². The fraction of sp³-hybridized carbons (Fsp3) is 0.600. The first-order valence-electron chi connectivity index (χ1n) is 15.1. The Labute approximate surface area is 269 Å². The van der Waals surface area contributed by atoms with Crippen molar-refractivity contribution in [2.75, 3.05) is 57.3 Å². The molecule has 1 aliphatic rings. The number of aliphatic hydroxyl groups excluding tert-OH is 4. The molecule has 1 aromatic carbocycles. The van der Waals surface area contributed by atoms with Crippen molar-refractivity contribution in [2.45, 2.75) is 57.8 Å². The zero-order valence-electron chi connectivity index (χ0n) is 26.0. The lowest BCUT2D eigenvalue weighted by Gasteiger charge is -2.31. The van der Waals surface area contributed by atoms with E-state index in [1.165, 1.54) is 11.1 Å². The summed E-state index contributed by atoms with van der Waals surface area (Å²) in [5.74, 6) is 0.404. The van der Waals surface area contributed by atoms with Gasteiger partial charge in [0, 0.05) is 39.1 Å². The number of benzene rings is 1. The summed E-state index contributed by atoms with van der Waals surface area (Å²) < 4.78 is 0. The number of halogens is 1. The third-order valence-corrected chi connectivity index (χ3v) is 7.98. The minimum Gasteiger partial charge on any atom is -0.394 e. The monoisotopic (exact) mass is 652 g/mol. The van der Waals surface area contributed by atoms with E-state index in [1.807, 2.05) is 17.0 Å². The lowest BCUT2D eigenvalue weighted by molar-refractivity contribution is -0.132. The first kappa shape index (κ1) is 38.1. The average Bonchev–Trinajstić information content (AvgIpc) is 3.04. The van der Waals surface area contributed by atoms with Gasteiger partial charge in [0.05, 0.1) is 12.7 Å². The fourth-order valence-corrected chi connectivity index (χ4v) is 4.88. The van der Waals surface area contributed by atoms with E-state index in [0.717, 1.165) is 32.4 Å². The number of carbonyl (C=O) groups is 2. The molecule has 0 spiro atoms. The van der Waals surface area contributed by atoms with Crippen LogP contribution in [0.15, 0.2) is 24.3 Å². The smallest absolute Gasteiger partial charge is 0.273 e. The topological polar surface area (TPSA) is 246 Å². The van der Waals surface area contributed by atoms with Crippen LogP contribution in [-0.4, -0.2) is 111 Å². The summed E-state index contributed by atoms with van der Waals surface area (Å²) >= 11 is 5.78. The number of rotatable bonds is 14. The van der Waals surface area contributed by atoms with Crippen molar-refractivity contribution in [2.24, 2.45) is 17.6 Å². The van der Waals surface area contributed by atoms with Crippen molar-refractivity contribution in [3.63, 3.8) is 0 Å². The molecule has 2 amide bonds. The number of carbonyl (C=O) groups excluding carboxylic acids is 2. The van der Waals surface area contributed by atoms with Crippen molar-refractivity contribution >= 4 is 35.1 Å². The van der Waals surface area contributed by atoms with E-state index in [0.29, 0.717) is 32.0 Å². The van der Waals surface area contributed by atoms with Gasteiger partial charge >= 0.3 is 0 Å². The summed E-state index contributed by atoms with van der Waals surface area (Å²) in [5, 5.41) is 42.6. The highest BCUT2D eigenvalue weighted by Gasteiger charge is 2.24. The van der Waals surface area contributed by atoms with Crippen LogP contribution >= 0.6 is 11.6 Å². The van der Waals surface area contributed by atoms with Crippen molar-refractivity contribution < 1.29 is 30.0 Å². The number of likely N-dealkylation sites (tertiary alicyclic amines) is 1. The van der Waals surface area contributed by atoms with Gasteiger partial charge in [-0.2, -0.15) is 0 Å². The first-order valence-corrected chi connectivity index (χ1v) is 15.5. The van der Waals surface area contributed by atoms with Crippen molar-refractivity contribution in [3.8, 4) is 0 Å². The summed E-state index contributed by atoms with van der Waals surface area (Å²) in [6.45, 7) is 6.60. The molecular weight excluding hydrogens is 604 g/mol. The summed E-state index contributed by atoms with van der Waals surface area (Å²) in [4.78, 5) is 33.7. The Morgan fingerprint density at radius 2 is 1.73 bits per heavy atom. The second-order valence-electron chi connectivity index (χ2n) is 11.4. The number of amides is 2. The molecule has 12 N–H and O–H groups in total. The summed E-state index contributed by atoms with van der Waals surface area (Å²) in [7, 11) is 0. The third kappa shape index (κ3) is 12.7. The maximum Gasteiger partial charge on any atom is 0.273 e. The van der Waals surface area contributed by atoms with E-state index in [-0.39, 0.29) is 40.9 Å². The first-order chi connectivity index (χ1) is 21.4. The second kappa shape index (κ2) is 19.4. The standard InChI is InChI=1S/C16H20ClN5O.C14H29N3O5/c1-9(7-11-6-4-3-5-10(11)2)8-20-16(23)12-14(18)22-15(19)13(17)21-12;15-7-10-2-5-17(6-3-10)13(21)1-4-16-8-11(19)14(22)12(20)9-18/h3-6,9H,7-8H2,1-2H3,(H,20,23)(H4,18,19,22);10-12,14,16,18-20,22H,1-9,15H2/t9-;/m0./s1. The zero-order valence-corrected chi connectivity index (χ0v) is 26.8. The van der Waals surface area contributed by atoms with Gasteiger partial charge in [0.15, 0.2) is 22.5 Å². The van der Waals surface area contributed by atoms with E-state index in [4.69, 9.17) is 33.9 Å². The Kier molecular flexibility index (Phi) is 16.4. The largest absolute Gasteiger partial charge is 0.394 e. The minimum absolute atomic E-state index is 0.00714. The Balaban J connectivity index is 0.000000314. The van der Waals surface area contributed by atoms with Crippen LogP contribution in [0.25, 0.3) is 0 Å². The fourth-order valence-electron chi connectivity index (χ4n) is 4.75. The Hall–Kier alpha value is -3.11. The van der Waals surface area contributed by atoms with Crippen LogP contribution in [-0.2, 0) is 11.2 Å². The number of piperidine rings is 1. The normalized spacial score (nSPS) is 16.2. The summed E-state index contributed by atoms with van der Waals surface area (Å²) in [6.07, 6.45) is -0.905. The van der Waals surface area contributed by atoms with Gasteiger partial charge in [0.2, 0.25) is 5.91 Å². The van der Waals surface area contributed by atoms with Crippen molar-refractivity contribution in [1.29, 1.82) is 0 Å². The number of nitrogens with one attached hydrogen (secondary N) is 2. The van der Waals surface area contributed by atoms with E-state index in [9.17, 15) is 24.9 Å². The number of nitrogens with two attached hydrogens (primary N) is 3. The molecule has 1 aromatic heterocycles. The maximum atomic E-state index is 12.2. The molecule has 1 saturated heterocycles. The van der Waals surface area contributed by atoms with Gasteiger partial charge in [0.1, 0.15) is 12.2 Å². The summed E-state index contributed by atoms with van der Waals surface area (Å²) in [6, 6.07) is 8.20. The minimum atomic E-state index is -1.41. The number of nitrogens with zero attached hydrogens (tertiary/aromatic N) is 3. The SMILES string of the molecule is Cc1ccccc1C[C@H](C)CNC(=O)c1nc(Cl)c(N)nc1N.NCC1CCN(C(=O)CCNCC(O)C(O)C(O)CO)CC1. The van der Waals surface area contributed by atoms with Crippen molar-refractivity contribution in [3.05, 3.63) is 46.2 Å². The molecule has 0 saturated carbocycles. The molecule has 4 atom stereocenters. The van der Waals surface area contributed by atoms with E-state index in [1.54, 1.807) is 0 Å². The molecule has 3 unspecified atom stereocenters. The van der Waals surface area contributed by atoms with Crippen LogP contribution in [0.1, 0.15) is 47.8 Å².